The summed E-state index contributed by atoms with van der Waals surface area (Å²) in [7, 11) is 0. The largest absolute Gasteiger partial charge is 0.387 e. The van der Waals surface area contributed by atoms with E-state index in [1.54, 1.807) is 10.9 Å². The number of aryl methyl sites for hydroxylation is 1. The van der Waals surface area contributed by atoms with Crippen LogP contribution in [-0.4, -0.2) is 40.4 Å². The van der Waals surface area contributed by atoms with E-state index >= 15 is 0 Å². The number of benzene rings is 1. The van der Waals surface area contributed by atoms with Gasteiger partial charge in [0.25, 0.3) is 0 Å². The molecule has 6 heteroatoms. The van der Waals surface area contributed by atoms with Gasteiger partial charge in [-0.3, -0.25) is 9.48 Å². The van der Waals surface area contributed by atoms with E-state index in [0.29, 0.717) is 12.8 Å². The minimum Gasteiger partial charge on any atom is -0.387 e. The number of aromatic nitrogens is 2. The number of aliphatic hydroxyl groups is 1. The van der Waals surface area contributed by atoms with E-state index in [1.807, 2.05) is 43.5 Å². The Bertz CT molecular complexity index is 678. The fourth-order valence-corrected chi connectivity index (χ4v) is 3.35. The van der Waals surface area contributed by atoms with Crippen LogP contribution in [0.3, 0.4) is 0 Å². The van der Waals surface area contributed by atoms with Crippen molar-refractivity contribution >= 4 is 5.91 Å². The minimum atomic E-state index is -0.716. The first kappa shape index (κ1) is 16.7. The summed E-state index contributed by atoms with van der Waals surface area (Å²) in [5, 5.41) is 20.9. The van der Waals surface area contributed by atoms with Gasteiger partial charge in [0.15, 0.2) is 0 Å². The van der Waals surface area contributed by atoms with Gasteiger partial charge < -0.3 is 15.7 Å². The summed E-state index contributed by atoms with van der Waals surface area (Å²) in [4.78, 5) is 12.9. The van der Waals surface area contributed by atoms with Gasteiger partial charge in [0.05, 0.1) is 6.10 Å². The first-order chi connectivity index (χ1) is 11.6. The van der Waals surface area contributed by atoms with Gasteiger partial charge >= 0.3 is 0 Å². The van der Waals surface area contributed by atoms with E-state index in [-0.39, 0.29) is 12.5 Å². The van der Waals surface area contributed by atoms with Crippen molar-refractivity contribution in [3.63, 3.8) is 0 Å². The van der Waals surface area contributed by atoms with Crippen LogP contribution in [0.15, 0.2) is 42.7 Å². The molecule has 0 bridgehead atoms. The van der Waals surface area contributed by atoms with Gasteiger partial charge in [-0.1, -0.05) is 24.3 Å². The van der Waals surface area contributed by atoms with Gasteiger partial charge in [-0.25, -0.2) is 0 Å². The number of rotatable bonds is 5. The predicted molar refractivity (Wildman–Crippen MR) is 91.5 cm³/mol. The molecule has 1 aromatic heterocycles. The fourth-order valence-electron chi connectivity index (χ4n) is 3.35. The van der Waals surface area contributed by atoms with Crippen LogP contribution < -0.4 is 10.6 Å². The Balaban J connectivity index is 1.72. The zero-order valence-electron chi connectivity index (χ0n) is 13.9. The Labute approximate surface area is 141 Å². The summed E-state index contributed by atoms with van der Waals surface area (Å²) in [6.07, 6.45) is 4.18. The number of hydrogen-bond acceptors (Lipinski definition) is 4. The number of piperidine rings is 1. The molecule has 0 radical (unpaired) electrons. The van der Waals surface area contributed by atoms with E-state index in [0.717, 1.165) is 24.2 Å². The first-order valence-corrected chi connectivity index (χ1v) is 8.36. The lowest BCUT2D eigenvalue weighted by Gasteiger charge is -2.36. The van der Waals surface area contributed by atoms with E-state index in [2.05, 4.69) is 15.7 Å². The van der Waals surface area contributed by atoms with Crippen LogP contribution in [0.2, 0.25) is 0 Å². The van der Waals surface area contributed by atoms with Gasteiger partial charge in [0, 0.05) is 18.9 Å². The van der Waals surface area contributed by atoms with Crippen molar-refractivity contribution in [3.8, 4) is 0 Å². The van der Waals surface area contributed by atoms with E-state index < -0.39 is 11.6 Å². The average molecular weight is 328 g/mol. The molecule has 1 aliphatic heterocycles. The van der Waals surface area contributed by atoms with Crippen LogP contribution in [0.4, 0.5) is 0 Å². The summed E-state index contributed by atoms with van der Waals surface area (Å²) in [5.41, 5.74) is 1.18. The Kier molecular flexibility index (Phi) is 4.97. The standard InChI is InChI=1S/C18H24N4O2/c1-14-5-2-3-6-15(14)16(23)13-20-17(24)18(7-10-19-11-8-18)22-12-4-9-21-22/h2-6,9,12,16,19,23H,7-8,10-11,13H2,1H3,(H,20,24). The Morgan fingerprint density at radius 3 is 2.79 bits per heavy atom. The maximum Gasteiger partial charge on any atom is 0.248 e. The number of aliphatic hydroxyl groups excluding tert-OH is 1. The smallest absolute Gasteiger partial charge is 0.248 e. The van der Waals surface area contributed by atoms with Crippen molar-refractivity contribution in [2.24, 2.45) is 0 Å². The van der Waals surface area contributed by atoms with Gasteiger partial charge in [0.1, 0.15) is 5.54 Å². The molecular formula is C18H24N4O2. The van der Waals surface area contributed by atoms with E-state index in [4.69, 9.17) is 0 Å². The summed E-state index contributed by atoms with van der Waals surface area (Å²) < 4.78 is 1.75. The lowest BCUT2D eigenvalue weighted by molar-refractivity contribution is -0.132. The molecule has 2 aromatic rings. The van der Waals surface area contributed by atoms with Crippen molar-refractivity contribution in [1.82, 2.24) is 20.4 Å². The summed E-state index contributed by atoms with van der Waals surface area (Å²) in [6, 6.07) is 9.51. The van der Waals surface area contributed by atoms with Crippen LogP contribution in [0, 0.1) is 6.92 Å². The summed E-state index contributed by atoms with van der Waals surface area (Å²) >= 11 is 0. The maximum atomic E-state index is 12.9. The third-order valence-electron chi connectivity index (χ3n) is 4.80. The number of nitrogens with one attached hydrogen (secondary N) is 2. The molecule has 0 spiro atoms. The molecule has 0 saturated carbocycles. The van der Waals surface area contributed by atoms with E-state index in [1.165, 1.54) is 0 Å². The number of carbonyl (C=O) groups is 1. The highest BCUT2D eigenvalue weighted by Gasteiger charge is 2.41. The summed E-state index contributed by atoms with van der Waals surface area (Å²) in [5.74, 6) is -0.0830. The molecule has 1 aromatic carbocycles. The van der Waals surface area contributed by atoms with Crippen LogP contribution in [0.25, 0.3) is 0 Å². The lowest BCUT2D eigenvalue weighted by atomic mass is 9.87. The van der Waals surface area contributed by atoms with Crippen LogP contribution in [0.5, 0.6) is 0 Å². The molecule has 24 heavy (non-hydrogen) atoms. The highest BCUT2D eigenvalue weighted by atomic mass is 16.3. The second kappa shape index (κ2) is 7.15. The van der Waals surface area contributed by atoms with Gasteiger partial charge in [-0.15, -0.1) is 0 Å². The predicted octanol–water partition coefficient (Wildman–Crippen LogP) is 1.12. The average Bonchev–Trinajstić information content (AvgIpc) is 3.15. The zero-order valence-corrected chi connectivity index (χ0v) is 13.9. The second-order valence-corrected chi connectivity index (χ2v) is 6.31. The van der Waals surface area contributed by atoms with Crippen molar-refractivity contribution in [2.45, 2.75) is 31.4 Å². The molecule has 1 amide bonds. The molecule has 1 saturated heterocycles. The van der Waals surface area contributed by atoms with Crippen molar-refractivity contribution in [1.29, 1.82) is 0 Å². The highest BCUT2D eigenvalue weighted by molar-refractivity contribution is 5.84. The molecule has 3 N–H and O–H groups in total. The minimum absolute atomic E-state index is 0.0830. The third kappa shape index (κ3) is 3.20. The molecule has 1 atom stereocenters. The molecular weight excluding hydrogens is 304 g/mol. The molecule has 0 aliphatic carbocycles. The SMILES string of the molecule is Cc1ccccc1C(O)CNC(=O)C1(n2cccn2)CCNCC1. The molecule has 6 nitrogen and oxygen atoms in total. The van der Waals surface area contributed by atoms with Crippen LogP contribution >= 0.6 is 0 Å². The van der Waals surface area contributed by atoms with E-state index in [9.17, 15) is 9.90 Å². The number of amides is 1. The first-order valence-electron chi connectivity index (χ1n) is 8.36. The normalized spacial score (nSPS) is 18.1. The molecule has 3 rings (SSSR count). The Hall–Kier alpha value is -2.18. The van der Waals surface area contributed by atoms with Crippen molar-refractivity contribution in [2.75, 3.05) is 19.6 Å². The number of nitrogens with zero attached hydrogens (tertiary/aromatic N) is 2. The monoisotopic (exact) mass is 328 g/mol. The number of hydrogen-bond donors (Lipinski definition) is 3. The molecule has 1 fully saturated rings. The van der Waals surface area contributed by atoms with Crippen LogP contribution in [-0.2, 0) is 10.3 Å². The maximum absolute atomic E-state index is 12.9. The molecule has 1 aliphatic rings. The molecule has 1 unspecified atom stereocenters. The van der Waals surface area contributed by atoms with Crippen LogP contribution in [0.1, 0.15) is 30.1 Å². The third-order valence-corrected chi connectivity index (χ3v) is 4.80. The lowest BCUT2D eigenvalue weighted by Crippen LogP contribution is -2.55. The molecule has 2 heterocycles. The Morgan fingerprint density at radius 2 is 2.12 bits per heavy atom. The van der Waals surface area contributed by atoms with Gasteiger partial charge in [0.2, 0.25) is 5.91 Å². The summed E-state index contributed by atoms with van der Waals surface area (Å²) in [6.45, 7) is 3.69. The molecule has 128 valence electrons. The highest BCUT2D eigenvalue weighted by Crippen LogP contribution is 2.27. The second-order valence-electron chi connectivity index (χ2n) is 6.31. The van der Waals surface area contributed by atoms with Gasteiger partial charge in [-0.2, -0.15) is 5.10 Å². The van der Waals surface area contributed by atoms with Crippen molar-refractivity contribution in [3.05, 3.63) is 53.9 Å². The van der Waals surface area contributed by atoms with Gasteiger partial charge in [-0.05, 0) is 50.0 Å². The fraction of sp³-hybridized carbons (Fsp3) is 0.444. The zero-order chi connectivity index (χ0) is 17.0. The van der Waals surface area contributed by atoms with Crippen molar-refractivity contribution < 1.29 is 9.90 Å². The Morgan fingerprint density at radius 1 is 1.38 bits per heavy atom. The topological polar surface area (TPSA) is 79.2 Å². The quantitative estimate of drug-likeness (QED) is 0.768. The number of carbonyl (C=O) groups excluding carboxylic acids is 1.